The van der Waals surface area contributed by atoms with Gasteiger partial charge in [-0.05, 0) is 13.3 Å². The lowest BCUT2D eigenvalue weighted by Gasteiger charge is -2.36. The summed E-state index contributed by atoms with van der Waals surface area (Å²) < 4.78 is 0.513. The third-order valence-electron chi connectivity index (χ3n) is 4.76. The van der Waals surface area contributed by atoms with Gasteiger partial charge in [-0.2, -0.15) is 0 Å². The topological polar surface area (TPSA) is 60.4 Å². The van der Waals surface area contributed by atoms with Crippen LogP contribution in [0.4, 0.5) is 0 Å². The van der Waals surface area contributed by atoms with Gasteiger partial charge < -0.3 is 19.5 Å². The zero-order chi connectivity index (χ0) is 18.5. The van der Waals surface area contributed by atoms with Gasteiger partial charge in [0.15, 0.2) is 0 Å². The number of likely N-dealkylation sites (N-methyl/N-ethyl adjacent to an activating group) is 1. The van der Waals surface area contributed by atoms with Crippen LogP contribution in [0.5, 0.6) is 0 Å². The van der Waals surface area contributed by atoms with Crippen LogP contribution in [-0.4, -0.2) is 48.3 Å². The second-order valence-corrected chi connectivity index (χ2v) is 8.37. The van der Waals surface area contributed by atoms with Crippen LogP contribution in [-0.2, 0) is 4.79 Å². The molecule has 0 saturated heterocycles. The number of carboxylic acids is 1. The highest BCUT2D eigenvalue weighted by Gasteiger charge is 2.29. The molecule has 144 valence electrons. The number of quaternary nitrogens is 1. The van der Waals surface area contributed by atoms with E-state index in [4.69, 9.17) is 0 Å². The maximum Gasteiger partial charge on any atom is 0.111 e. The van der Waals surface area contributed by atoms with Gasteiger partial charge in [-0.25, -0.2) is 0 Å². The molecule has 0 aliphatic rings. The minimum absolute atomic E-state index is 0.0430. The largest absolute Gasteiger partial charge is 0.550 e. The summed E-state index contributed by atoms with van der Waals surface area (Å²) in [5.74, 6) is -1.02. The summed E-state index contributed by atoms with van der Waals surface area (Å²) in [7, 11) is 3.94. The maximum absolute atomic E-state index is 10.6. The van der Waals surface area contributed by atoms with Crippen molar-refractivity contribution in [3.63, 3.8) is 0 Å². The molecule has 0 aromatic heterocycles. The number of hydrogen-bond acceptors (Lipinski definition) is 3. The summed E-state index contributed by atoms with van der Waals surface area (Å²) in [6.07, 6.45) is 13.8. The first-order chi connectivity index (χ1) is 11.2. The average molecular weight is 344 g/mol. The van der Waals surface area contributed by atoms with Crippen LogP contribution in [0.15, 0.2) is 0 Å². The maximum atomic E-state index is 10.6. The molecule has 0 saturated carbocycles. The molecule has 0 aromatic rings. The minimum atomic E-state index is -1.02. The van der Waals surface area contributed by atoms with Gasteiger partial charge in [-0.15, -0.1) is 0 Å². The molecule has 0 heterocycles. The van der Waals surface area contributed by atoms with E-state index in [-0.39, 0.29) is 6.42 Å². The SMILES string of the molecule is CCCCCCCCCCCCC(C)(O)C[N+](C)(C)CCC(=O)[O-]. The van der Waals surface area contributed by atoms with E-state index in [0.29, 0.717) is 17.6 Å². The highest BCUT2D eigenvalue weighted by Crippen LogP contribution is 2.20. The third kappa shape index (κ3) is 14.9. The van der Waals surface area contributed by atoms with Crippen molar-refractivity contribution >= 4 is 5.97 Å². The number of aliphatic hydroxyl groups is 1. The van der Waals surface area contributed by atoms with Crippen molar-refractivity contribution in [2.75, 3.05) is 27.2 Å². The fourth-order valence-corrected chi connectivity index (χ4v) is 3.47. The zero-order valence-corrected chi connectivity index (χ0v) is 16.6. The number of aliphatic carboxylic acids is 1. The second kappa shape index (κ2) is 12.7. The molecular weight excluding hydrogens is 302 g/mol. The van der Waals surface area contributed by atoms with Crippen molar-refractivity contribution in [3.8, 4) is 0 Å². The molecule has 0 rings (SSSR count). The average Bonchev–Trinajstić information content (AvgIpc) is 2.46. The van der Waals surface area contributed by atoms with Gasteiger partial charge in [0.2, 0.25) is 0 Å². The van der Waals surface area contributed by atoms with Gasteiger partial charge in [0.25, 0.3) is 0 Å². The second-order valence-electron chi connectivity index (χ2n) is 8.37. The van der Waals surface area contributed by atoms with Crippen LogP contribution in [0.1, 0.15) is 90.9 Å². The number of carbonyl (C=O) groups excluding carboxylic acids is 1. The Morgan fingerprint density at radius 1 is 0.958 bits per heavy atom. The highest BCUT2D eigenvalue weighted by atomic mass is 16.4. The van der Waals surface area contributed by atoms with Gasteiger partial charge in [-0.1, -0.05) is 71.1 Å². The number of rotatable bonds is 16. The van der Waals surface area contributed by atoms with Crippen molar-refractivity contribution < 1.29 is 19.5 Å². The molecule has 0 radical (unpaired) electrons. The van der Waals surface area contributed by atoms with Crippen molar-refractivity contribution in [1.82, 2.24) is 0 Å². The van der Waals surface area contributed by atoms with Gasteiger partial charge in [0, 0.05) is 12.4 Å². The molecular formula is C20H41NO3. The van der Waals surface area contributed by atoms with Crippen molar-refractivity contribution in [2.45, 2.75) is 96.5 Å². The van der Waals surface area contributed by atoms with Crippen LogP contribution < -0.4 is 5.11 Å². The van der Waals surface area contributed by atoms with E-state index in [2.05, 4.69) is 6.92 Å². The number of unbranched alkanes of at least 4 members (excludes halogenated alkanes) is 9. The number of hydrogen-bond donors (Lipinski definition) is 1. The summed E-state index contributed by atoms with van der Waals surface area (Å²) in [4.78, 5) is 10.6. The predicted molar refractivity (Wildman–Crippen MR) is 98.6 cm³/mol. The normalized spacial score (nSPS) is 14.5. The first kappa shape index (κ1) is 23.4. The van der Waals surface area contributed by atoms with E-state index in [1.807, 2.05) is 21.0 Å². The molecule has 1 atom stereocenters. The monoisotopic (exact) mass is 343 g/mol. The molecule has 0 spiro atoms. The molecule has 0 amide bonds. The minimum Gasteiger partial charge on any atom is -0.550 e. The van der Waals surface area contributed by atoms with Crippen LogP contribution in [0.3, 0.4) is 0 Å². The summed E-state index contributed by atoms with van der Waals surface area (Å²) in [5.41, 5.74) is -0.727. The highest BCUT2D eigenvalue weighted by molar-refractivity contribution is 5.64. The lowest BCUT2D eigenvalue weighted by Crippen LogP contribution is -2.51. The summed E-state index contributed by atoms with van der Waals surface area (Å²) in [5, 5.41) is 21.2. The summed E-state index contributed by atoms with van der Waals surface area (Å²) in [6, 6.07) is 0. The van der Waals surface area contributed by atoms with Gasteiger partial charge >= 0.3 is 0 Å². The van der Waals surface area contributed by atoms with E-state index in [9.17, 15) is 15.0 Å². The Hall–Kier alpha value is -0.610. The van der Waals surface area contributed by atoms with Gasteiger partial charge in [0.05, 0.1) is 20.6 Å². The Bertz CT molecular complexity index is 327. The molecule has 24 heavy (non-hydrogen) atoms. The molecule has 0 aromatic carbocycles. The molecule has 0 fully saturated rings. The van der Waals surface area contributed by atoms with Crippen LogP contribution in [0.25, 0.3) is 0 Å². The van der Waals surface area contributed by atoms with Gasteiger partial charge in [0.1, 0.15) is 12.1 Å². The van der Waals surface area contributed by atoms with E-state index in [0.717, 1.165) is 12.8 Å². The van der Waals surface area contributed by atoms with Crippen LogP contribution >= 0.6 is 0 Å². The molecule has 0 aliphatic carbocycles. The molecule has 0 aliphatic heterocycles. The standard InChI is InChI=1S/C20H41NO3/c1-5-6-7-8-9-10-11-12-13-14-16-20(2,24)18-21(3,4)17-15-19(22)23/h24H,5-18H2,1-4H3. The number of carbonyl (C=O) groups is 1. The van der Waals surface area contributed by atoms with E-state index in [1.165, 1.54) is 57.8 Å². The smallest absolute Gasteiger partial charge is 0.111 e. The van der Waals surface area contributed by atoms with E-state index in [1.54, 1.807) is 0 Å². The zero-order valence-electron chi connectivity index (χ0n) is 16.6. The van der Waals surface area contributed by atoms with Crippen LogP contribution in [0, 0.1) is 0 Å². The number of nitrogens with zero attached hydrogens (tertiary/aromatic N) is 1. The Morgan fingerprint density at radius 2 is 1.42 bits per heavy atom. The lowest BCUT2D eigenvalue weighted by molar-refractivity contribution is -0.896. The Labute approximate surface area is 149 Å². The summed E-state index contributed by atoms with van der Waals surface area (Å²) in [6.45, 7) is 5.20. The Balaban J connectivity index is 3.71. The first-order valence-electron chi connectivity index (χ1n) is 9.93. The van der Waals surface area contributed by atoms with Crippen LogP contribution in [0.2, 0.25) is 0 Å². The van der Waals surface area contributed by atoms with Crippen molar-refractivity contribution in [2.24, 2.45) is 0 Å². The Kier molecular flexibility index (Phi) is 12.4. The molecule has 4 nitrogen and oxygen atoms in total. The van der Waals surface area contributed by atoms with Gasteiger partial charge in [-0.3, -0.25) is 0 Å². The first-order valence-corrected chi connectivity index (χ1v) is 9.93. The third-order valence-corrected chi connectivity index (χ3v) is 4.76. The predicted octanol–water partition coefficient (Wildman–Crippen LogP) is 3.26. The molecule has 4 heteroatoms. The Morgan fingerprint density at radius 3 is 1.88 bits per heavy atom. The molecule has 1 unspecified atom stereocenters. The summed E-state index contributed by atoms with van der Waals surface area (Å²) >= 11 is 0. The molecule has 0 bridgehead atoms. The lowest BCUT2D eigenvalue weighted by atomic mass is 9.96. The molecule has 1 N–H and O–H groups in total. The number of carboxylic acid groups (broad SMARTS) is 1. The fraction of sp³-hybridized carbons (Fsp3) is 0.950. The quantitative estimate of drug-likeness (QED) is 0.346. The van der Waals surface area contributed by atoms with Crippen molar-refractivity contribution in [1.29, 1.82) is 0 Å². The van der Waals surface area contributed by atoms with E-state index < -0.39 is 11.6 Å². The van der Waals surface area contributed by atoms with Crippen molar-refractivity contribution in [3.05, 3.63) is 0 Å². The van der Waals surface area contributed by atoms with E-state index >= 15 is 0 Å². The fourth-order valence-electron chi connectivity index (χ4n) is 3.47.